The number of aryl methyl sites for hydroxylation is 1. The minimum absolute atomic E-state index is 0.0981. The molecule has 108 valence electrons. The van der Waals surface area contributed by atoms with Gasteiger partial charge in [-0.3, -0.25) is 9.78 Å². The molecule has 2 aromatic rings. The third kappa shape index (κ3) is 3.05. The Balaban J connectivity index is 1.81. The first kappa shape index (κ1) is 13.6. The number of anilines is 2. The molecule has 0 unspecified atom stereocenters. The third-order valence-electron chi connectivity index (χ3n) is 3.88. The molecule has 1 amide bonds. The lowest BCUT2D eigenvalue weighted by molar-refractivity contribution is 0.102. The van der Waals surface area contributed by atoms with E-state index in [2.05, 4.69) is 33.4 Å². The summed E-state index contributed by atoms with van der Waals surface area (Å²) in [6, 6.07) is 9.70. The van der Waals surface area contributed by atoms with Gasteiger partial charge >= 0.3 is 0 Å². The summed E-state index contributed by atoms with van der Waals surface area (Å²) >= 11 is 0. The number of nitrogens with zero attached hydrogens (tertiary/aromatic N) is 2. The number of carbonyl (C=O) groups excluding carboxylic acids is 1. The molecular formula is C17H19N3O. The summed E-state index contributed by atoms with van der Waals surface area (Å²) in [5.41, 5.74) is 3.75. The molecule has 21 heavy (non-hydrogen) atoms. The van der Waals surface area contributed by atoms with E-state index in [1.165, 1.54) is 18.5 Å². The molecule has 1 saturated heterocycles. The molecule has 1 aliphatic heterocycles. The SMILES string of the molecule is Cc1ccc(N2CCCC2)cc1NC(=O)c1ccncc1. The molecule has 1 aliphatic rings. The van der Waals surface area contributed by atoms with Crippen LogP contribution in [0, 0.1) is 6.92 Å². The number of nitrogens with one attached hydrogen (secondary N) is 1. The summed E-state index contributed by atoms with van der Waals surface area (Å²) in [7, 11) is 0. The van der Waals surface area contributed by atoms with E-state index in [1.54, 1.807) is 24.5 Å². The molecule has 1 aromatic heterocycles. The minimum Gasteiger partial charge on any atom is -0.371 e. The van der Waals surface area contributed by atoms with Gasteiger partial charge in [-0.15, -0.1) is 0 Å². The summed E-state index contributed by atoms with van der Waals surface area (Å²) in [5.74, 6) is -0.0981. The van der Waals surface area contributed by atoms with Gasteiger partial charge in [0.15, 0.2) is 0 Å². The first-order chi connectivity index (χ1) is 10.2. The van der Waals surface area contributed by atoms with Gasteiger partial charge < -0.3 is 10.2 Å². The molecule has 0 spiro atoms. The number of hydrogen-bond donors (Lipinski definition) is 1. The van der Waals surface area contributed by atoms with E-state index in [4.69, 9.17) is 0 Å². The molecule has 0 atom stereocenters. The van der Waals surface area contributed by atoms with Crippen molar-refractivity contribution in [3.63, 3.8) is 0 Å². The van der Waals surface area contributed by atoms with Crippen molar-refractivity contribution in [3.8, 4) is 0 Å². The van der Waals surface area contributed by atoms with Crippen LogP contribution in [0.2, 0.25) is 0 Å². The number of rotatable bonds is 3. The fraction of sp³-hybridized carbons (Fsp3) is 0.294. The second-order valence-corrected chi connectivity index (χ2v) is 5.38. The molecule has 3 rings (SSSR count). The number of hydrogen-bond acceptors (Lipinski definition) is 3. The van der Waals surface area contributed by atoms with Crippen molar-refractivity contribution in [1.29, 1.82) is 0 Å². The normalized spacial score (nSPS) is 14.2. The predicted molar refractivity (Wildman–Crippen MR) is 84.8 cm³/mol. The van der Waals surface area contributed by atoms with E-state index in [0.29, 0.717) is 5.56 Å². The molecule has 1 aromatic carbocycles. The largest absolute Gasteiger partial charge is 0.371 e. The van der Waals surface area contributed by atoms with Gasteiger partial charge in [-0.1, -0.05) is 6.07 Å². The van der Waals surface area contributed by atoms with Crippen LogP contribution in [0.5, 0.6) is 0 Å². The molecule has 2 heterocycles. The predicted octanol–water partition coefficient (Wildman–Crippen LogP) is 3.24. The first-order valence-corrected chi connectivity index (χ1v) is 7.31. The van der Waals surface area contributed by atoms with E-state index in [9.17, 15) is 4.79 Å². The molecule has 1 fully saturated rings. The lowest BCUT2D eigenvalue weighted by Crippen LogP contribution is -2.18. The Kier molecular flexibility index (Phi) is 3.86. The zero-order valence-electron chi connectivity index (χ0n) is 12.2. The molecule has 1 N–H and O–H groups in total. The Labute approximate surface area is 124 Å². The summed E-state index contributed by atoms with van der Waals surface area (Å²) in [6.07, 6.45) is 5.74. The van der Waals surface area contributed by atoms with Gasteiger partial charge in [0.1, 0.15) is 0 Å². The lowest BCUT2D eigenvalue weighted by atomic mass is 10.1. The quantitative estimate of drug-likeness (QED) is 0.939. The van der Waals surface area contributed by atoms with E-state index in [0.717, 1.165) is 24.3 Å². The average molecular weight is 281 g/mol. The molecule has 0 saturated carbocycles. The van der Waals surface area contributed by atoms with E-state index in [1.807, 2.05) is 6.92 Å². The van der Waals surface area contributed by atoms with Crippen molar-refractivity contribution in [2.75, 3.05) is 23.3 Å². The highest BCUT2D eigenvalue weighted by molar-refractivity contribution is 6.04. The van der Waals surface area contributed by atoms with Crippen LogP contribution in [0.1, 0.15) is 28.8 Å². The molecule has 4 nitrogen and oxygen atoms in total. The highest BCUT2D eigenvalue weighted by Crippen LogP contribution is 2.26. The number of pyridine rings is 1. The van der Waals surface area contributed by atoms with Crippen molar-refractivity contribution in [2.45, 2.75) is 19.8 Å². The van der Waals surface area contributed by atoms with Crippen molar-refractivity contribution in [3.05, 3.63) is 53.9 Å². The van der Waals surface area contributed by atoms with Crippen molar-refractivity contribution in [1.82, 2.24) is 4.98 Å². The zero-order valence-corrected chi connectivity index (χ0v) is 12.2. The van der Waals surface area contributed by atoms with Crippen LogP contribution in [0.15, 0.2) is 42.7 Å². The van der Waals surface area contributed by atoms with Crippen molar-refractivity contribution < 1.29 is 4.79 Å². The van der Waals surface area contributed by atoms with Gasteiger partial charge in [0.25, 0.3) is 5.91 Å². The first-order valence-electron chi connectivity index (χ1n) is 7.31. The Bertz CT molecular complexity index is 634. The summed E-state index contributed by atoms with van der Waals surface area (Å²) in [4.78, 5) is 18.5. The van der Waals surface area contributed by atoms with Crippen LogP contribution >= 0.6 is 0 Å². The van der Waals surface area contributed by atoms with E-state index in [-0.39, 0.29) is 5.91 Å². The molecule has 4 heteroatoms. The minimum atomic E-state index is -0.0981. The Morgan fingerprint density at radius 1 is 1.14 bits per heavy atom. The van der Waals surface area contributed by atoms with Crippen LogP contribution < -0.4 is 10.2 Å². The van der Waals surface area contributed by atoms with Gasteiger partial charge in [-0.25, -0.2) is 0 Å². The summed E-state index contributed by atoms with van der Waals surface area (Å²) < 4.78 is 0. The summed E-state index contributed by atoms with van der Waals surface area (Å²) in [5, 5.41) is 3.00. The fourth-order valence-corrected chi connectivity index (χ4v) is 2.61. The lowest BCUT2D eigenvalue weighted by Gasteiger charge is -2.19. The van der Waals surface area contributed by atoms with Crippen LogP contribution in [-0.2, 0) is 0 Å². The number of benzene rings is 1. The maximum absolute atomic E-state index is 12.2. The second kappa shape index (κ2) is 5.95. The topological polar surface area (TPSA) is 45.2 Å². The Morgan fingerprint density at radius 3 is 2.57 bits per heavy atom. The molecule has 0 bridgehead atoms. The summed E-state index contributed by atoms with van der Waals surface area (Å²) in [6.45, 7) is 4.21. The van der Waals surface area contributed by atoms with Crippen LogP contribution in [-0.4, -0.2) is 24.0 Å². The van der Waals surface area contributed by atoms with Gasteiger partial charge in [0.05, 0.1) is 0 Å². The standard InChI is InChI=1S/C17H19N3O/c1-13-4-5-15(20-10-2-3-11-20)12-16(13)19-17(21)14-6-8-18-9-7-14/h4-9,12H,2-3,10-11H2,1H3,(H,19,21). The van der Waals surface area contributed by atoms with Gasteiger partial charge in [-0.05, 0) is 49.6 Å². The number of aromatic nitrogens is 1. The number of amides is 1. The van der Waals surface area contributed by atoms with Crippen molar-refractivity contribution >= 4 is 17.3 Å². The highest BCUT2D eigenvalue weighted by Gasteiger charge is 2.14. The molecule has 0 radical (unpaired) electrons. The molecule has 0 aliphatic carbocycles. The van der Waals surface area contributed by atoms with Crippen LogP contribution in [0.3, 0.4) is 0 Å². The maximum Gasteiger partial charge on any atom is 0.255 e. The molecular weight excluding hydrogens is 262 g/mol. The van der Waals surface area contributed by atoms with Crippen LogP contribution in [0.25, 0.3) is 0 Å². The van der Waals surface area contributed by atoms with Gasteiger partial charge in [0.2, 0.25) is 0 Å². The second-order valence-electron chi connectivity index (χ2n) is 5.38. The van der Waals surface area contributed by atoms with Gasteiger partial charge in [0, 0.05) is 42.4 Å². The van der Waals surface area contributed by atoms with Crippen molar-refractivity contribution in [2.24, 2.45) is 0 Å². The Morgan fingerprint density at radius 2 is 1.86 bits per heavy atom. The highest BCUT2D eigenvalue weighted by atomic mass is 16.1. The zero-order chi connectivity index (χ0) is 14.7. The Hall–Kier alpha value is -2.36. The smallest absolute Gasteiger partial charge is 0.255 e. The average Bonchev–Trinajstić information content (AvgIpc) is 3.04. The maximum atomic E-state index is 12.2. The van der Waals surface area contributed by atoms with E-state index >= 15 is 0 Å². The monoisotopic (exact) mass is 281 g/mol. The third-order valence-corrected chi connectivity index (χ3v) is 3.88. The van der Waals surface area contributed by atoms with E-state index < -0.39 is 0 Å². The fourth-order valence-electron chi connectivity index (χ4n) is 2.61. The van der Waals surface area contributed by atoms with Crippen LogP contribution in [0.4, 0.5) is 11.4 Å². The van der Waals surface area contributed by atoms with Gasteiger partial charge in [-0.2, -0.15) is 0 Å². The number of carbonyl (C=O) groups is 1.